The number of hydrogen-bond donors (Lipinski definition) is 5. The highest BCUT2D eigenvalue weighted by Gasteiger charge is 2.48. The van der Waals surface area contributed by atoms with Crippen molar-refractivity contribution in [3.05, 3.63) is 88.1 Å². The van der Waals surface area contributed by atoms with Crippen molar-refractivity contribution in [1.82, 2.24) is 0 Å². The minimum atomic E-state index is -0.888. The second-order valence-electron chi connectivity index (χ2n) is 11.7. The number of fused-ring (bicyclic) bond motifs is 4. The van der Waals surface area contributed by atoms with Crippen molar-refractivity contribution in [1.29, 1.82) is 0 Å². The summed E-state index contributed by atoms with van der Waals surface area (Å²) < 4.78 is 39.5. The maximum absolute atomic E-state index is 12.1. The van der Waals surface area contributed by atoms with Gasteiger partial charge in [-0.15, -0.1) is 0 Å². The van der Waals surface area contributed by atoms with Crippen LogP contribution >= 0.6 is 0 Å². The Morgan fingerprint density at radius 2 is 1.17 bits per heavy atom. The fourth-order valence-electron chi connectivity index (χ4n) is 6.55. The van der Waals surface area contributed by atoms with Gasteiger partial charge >= 0.3 is 0 Å². The van der Waals surface area contributed by atoms with Gasteiger partial charge in [0.1, 0.15) is 22.5 Å². The zero-order chi connectivity index (χ0) is 33.1. The van der Waals surface area contributed by atoms with E-state index in [9.17, 15) is 30.3 Å². The van der Waals surface area contributed by atoms with E-state index in [-0.39, 0.29) is 59.6 Å². The predicted octanol–water partition coefficient (Wildman–Crippen LogP) is 5.21. The van der Waals surface area contributed by atoms with Crippen LogP contribution in [-0.2, 0) is 9.47 Å². The fourth-order valence-corrected chi connectivity index (χ4v) is 6.55. The van der Waals surface area contributed by atoms with Crippen molar-refractivity contribution >= 4 is 11.0 Å². The quantitative estimate of drug-likeness (QED) is 0.160. The van der Waals surface area contributed by atoms with Crippen molar-refractivity contribution in [3.63, 3.8) is 0 Å². The fraction of sp³-hybridized carbons (Fsp3) is 0.229. The number of phenols is 4. The molecule has 5 heterocycles. The van der Waals surface area contributed by atoms with Gasteiger partial charge in [0.2, 0.25) is 24.8 Å². The summed E-state index contributed by atoms with van der Waals surface area (Å²) in [5.74, 6) is 1.11. The lowest BCUT2D eigenvalue weighted by molar-refractivity contribution is 0.0192. The number of rotatable bonds is 3. The first-order valence-corrected chi connectivity index (χ1v) is 15.0. The maximum Gasteiger partial charge on any atom is 0.238 e. The van der Waals surface area contributed by atoms with Crippen LogP contribution in [0.15, 0.2) is 75.9 Å². The number of benzene rings is 4. The monoisotopic (exact) mass is 656 g/mol. The van der Waals surface area contributed by atoms with Crippen LogP contribution in [0.5, 0.6) is 51.7 Å². The Hall–Kier alpha value is -5.79. The summed E-state index contributed by atoms with van der Waals surface area (Å²) in [6, 6.07) is 17.7. The molecule has 246 valence electrons. The first-order valence-electron chi connectivity index (χ1n) is 15.0. The van der Waals surface area contributed by atoms with E-state index in [1.807, 2.05) is 24.3 Å². The van der Waals surface area contributed by atoms with E-state index < -0.39 is 22.7 Å². The molecular formula is C35H28O13. The third kappa shape index (κ3) is 5.00. The lowest BCUT2D eigenvalue weighted by Gasteiger charge is -2.17. The average molecular weight is 657 g/mol. The Bertz CT molecular complexity index is 2050. The number of hydrogen-bond acceptors (Lipinski definition) is 13. The van der Waals surface area contributed by atoms with Crippen LogP contribution in [0.3, 0.4) is 0 Å². The molecule has 4 aliphatic rings. The van der Waals surface area contributed by atoms with Crippen LogP contribution in [-0.4, -0.2) is 52.3 Å². The van der Waals surface area contributed by atoms with Crippen molar-refractivity contribution in [3.8, 4) is 63.1 Å². The molecule has 1 aromatic heterocycles. The van der Waals surface area contributed by atoms with Gasteiger partial charge in [-0.2, -0.15) is 0 Å². The Morgan fingerprint density at radius 3 is 1.75 bits per heavy atom. The SMILES string of the molecule is O=c1c(O)c(-c2ccc(O)c(O)c2)oc2cc(O)cc(O)c12.c1cc2c(cc1C1OCC3C(c4ccc5c(c4)OCO5)OCC13)OCO2. The van der Waals surface area contributed by atoms with Gasteiger partial charge in [0.25, 0.3) is 0 Å². The smallest absolute Gasteiger partial charge is 0.238 e. The van der Waals surface area contributed by atoms with Gasteiger partial charge in [-0.1, -0.05) is 12.1 Å². The Labute approximate surface area is 271 Å². The molecule has 0 amide bonds. The van der Waals surface area contributed by atoms with Gasteiger partial charge in [-0.05, 0) is 53.6 Å². The summed E-state index contributed by atoms with van der Waals surface area (Å²) in [5.41, 5.74) is 1.35. The maximum atomic E-state index is 12.1. The topological polar surface area (TPSA) is 187 Å². The largest absolute Gasteiger partial charge is 0.508 e. The molecule has 4 atom stereocenters. The van der Waals surface area contributed by atoms with Gasteiger partial charge in [0, 0.05) is 29.5 Å². The van der Waals surface area contributed by atoms with E-state index in [0.29, 0.717) is 25.0 Å². The molecule has 0 radical (unpaired) electrons. The van der Waals surface area contributed by atoms with Crippen LogP contribution in [0.25, 0.3) is 22.3 Å². The van der Waals surface area contributed by atoms with Crippen LogP contribution in [0.2, 0.25) is 0 Å². The minimum Gasteiger partial charge on any atom is -0.508 e. The number of aromatic hydroxyl groups is 5. The summed E-state index contributed by atoms with van der Waals surface area (Å²) >= 11 is 0. The minimum absolute atomic E-state index is 0.0218. The van der Waals surface area contributed by atoms with Crippen LogP contribution < -0.4 is 24.4 Å². The van der Waals surface area contributed by atoms with E-state index in [2.05, 4.69) is 12.1 Å². The second kappa shape index (κ2) is 11.5. The molecule has 9 rings (SSSR count). The molecule has 4 unspecified atom stereocenters. The zero-order valence-corrected chi connectivity index (χ0v) is 25.0. The second-order valence-corrected chi connectivity index (χ2v) is 11.7. The van der Waals surface area contributed by atoms with Gasteiger partial charge in [-0.25, -0.2) is 0 Å². The number of ether oxygens (including phenoxy) is 6. The molecule has 13 nitrogen and oxygen atoms in total. The standard InChI is InChI=1S/C20H18O6.C15H10O7/c1-3-15-17(25-9-23-15)5-11(1)19-13-7-22-20(14(13)8-21-19)12-2-4-16-18(6-12)26-10-24-16;16-7-4-10(19)12-11(5-7)22-15(14(21)13(12)20)6-1-2-8(17)9(18)3-6/h1-6,13-14,19-20H,7-10H2;1-5,16-19,21H. The van der Waals surface area contributed by atoms with Crippen molar-refractivity contribution in [2.75, 3.05) is 26.8 Å². The van der Waals surface area contributed by atoms with Gasteiger partial charge in [0.05, 0.1) is 25.4 Å². The Kier molecular flexibility index (Phi) is 7.07. The van der Waals surface area contributed by atoms with Crippen molar-refractivity contribution < 1.29 is 58.4 Å². The van der Waals surface area contributed by atoms with Gasteiger partial charge in [-0.3, -0.25) is 4.79 Å². The first-order chi connectivity index (χ1) is 23.2. The van der Waals surface area contributed by atoms with Crippen molar-refractivity contribution in [2.24, 2.45) is 11.8 Å². The van der Waals surface area contributed by atoms with Gasteiger partial charge in [0.15, 0.2) is 40.3 Å². The lowest BCUT2D eigenvalue weighted by atomic mass is 9.85. The Morgan fingerprint density at radius 1 is 0.583 bits per heavy atom. The van der Waals surface area contributed by atoms with Crippen LogP contribution in [0.1, 0.15) is 23.3 Å². The first kappa shape index (κ1) is 29.6. The third-order valence-corrected chi connectivity index (χ3v) is 8.89. The summed E-state index contributed by atoms with van der Waals surface area (Å²) in [6.07, 6.45) is 0.0435. The predicted molar refractivity (Wildman–Crippen MR) is 166 cm³/mol. The molecule has 2 saturated heterocycles. The normalized spacial score (nSPS) is 21.6. The summed E-state index contributed by atoms with van der Waals surface area (Å²) in [6.45, 7) is 1.93. The van der Waals surface area contributed by atoms with Gasteiger partial charge < -0.3 is 58.4 Å². The molecule has 4 aliphatic heterocycles. The molecule has 48 heavy (non-hydrogen) atoms. The average Bonchev–Trinajstić information content (AvgIpc) is 3.88. The molecule has 13 heteroatoms. The van der Waals surface area contributed by atoms with E-state index in [1.165, 1.54) is 6.07 Å². The van der Waals surface area contributed by atoms with E-state index in [0.717, 1.165) is 58.4 Å². The highest BCUT2D eigenvalue weighted by atomic mass is 16.7. The molecule has 5 aromatic rings. The van der Waals surface area contributed by atoms with Crippen LogP contribution in [0.4, 0.5) is 0 Å². The zero-order valence-electron chi connectivity index (χ0n) is 25.0. The van der Waals surface area contributed by atoms with Crippen LogP contribution in [0, 0.1) is 11.8 Å². The Balaban J connectivity index is 0.000000143. The van der Waals surface area contributed by atoms with Crippen molar-refractivity contribution in [2.45, 2.75) is 12.2 Å². The summed E-state index contributed by atoms with van der Waals surface area (Å²) in [4.78, 5) is 12.1. The molecule has 0 spiro atoms. The third-order valence-electron chi connectivity index (χ3n) is 8.89. The molecule has 2 fully saturated rings. The molecule has 4 aromatic carbocycles. The molecule has 0 bridgehead atoms. The van der Waals surface area contributed by atoms with E-state index in [1.54, 1.807) is 0 Å². The highest BCUT2D eigenvalue weighted by Crippen LogP contribution is 2.52. The molecule has 5 N–H and O–H groups in total. The molecule has 0 saturated carbocycles. The number of phenolic OH excluding ortho intramolecular Hbond substituents is 4. The van der Waals surface area contributed by atoms with E-state index >= 15 is 0 Å². The van der Waals surface area contributed by atoms with E-state index in [4.69, 9.17) is 32.8 Å². The summed E-state index contributed by atoms with van der Waals surface area (Å²) in [7, 11) is 0. The lowest BCUT2D eigenvalue weighted by Crippen LogP contribution is -2.14. The molecule has 0 aliphatic carbocycles. The highest BCUT2D eigenvalue weighted by molar-refractivity contribution is 5.88. The summed E-state index contributed by atoms with van der Waals surface area (Å²) in [5, 5.41) is 47.6. The molecular weight excluding hydrogens is 628 g/mol.